The molecule has 17 heavy (non-hydrogen) atoms. The van der Waals surface area contributed by atoms with Gasteiger partial charge < -0.3 is 10.4 Å². The summed E-state index contributed by atoms with van der Waals surface area (Å²) in [6, 6.07) is 0. The average molecular weight is 241 g/mol. The van der Waals surface area contributed by atoms with Crippen LogP contribution in [0.4, 0.5) is 0 Å². The molecule has 0 aliphatic heterocycles. The van der Waals surface area contributed by atoms with Gasteiger partial charge in [-0.15, -0.1) is 0 Å². The van der Waals surface area contributed by atoms with Crippen LogP contribution >= 0.6 is 0 Å². The molecule has 1 rings (SSSR count). The van der Waals surface area contributed by atoms with Crippen LogP contribution in [0.5, 0.6) is 0 Å². The smallest absolute Gasteiger partial charge is 0.220 e. The Labute approximate surface area is 105 Å². The van der Waals surface area contributed by atoms with Gasteiger partial charge in [-0.3, -0.25) is 4.79 Å². The molecule has 3 heteroatoms. The van der Waals surface area contributed by atoms with Crippen molar-refractivity contribution in [2.24, 2.45) is 5.92 Å². The van der Waals surface area contributed by atoms with Gasteiger partial charge in [0.15, 0.2) is 0 Å². The minimum atomic E-state index is -0.324. The third kappa shape index (κ3) is 4.66. The van der Waals surface area contributed by atoms with Crippen LogP contribution in [0.25, 0.3) is 0 Å². The number of hydrogen-bond acceptors (Lipinski definition) is 2. The lowest BCUT2D eigenvalue weighted by Crippen LogP contribution is -2.53. The van der Waals surface area contributed by atoms with E-state index in [0.717, 1.165) is 50.9 Å². The normalized spacial score (nSPS) is 29.0. The fourth-order valence-electron chi connectivity index (χ4n) is 2.53. The van der Waals surface area contributed by atoms with Crippen molar-refractivity contribution in [1.82, 2.24) is 5.32 Å². The first-order valence-corrected chi connectivity index (χ1v) is 7.04. The zero-order chi connectivity index (χ0) is 12.7. The first kappa shape index (κ1) is 14.5. The Morgan fingerprint density at radius 2 is 2.00 bits per heavy atom. The van der Waals surface area contributed by atoms with Crippen LogP contribution < -0.4 is 5.32 Å². The van der Waals surface area contributed by atoms with E-state index in [9.17, 15) is 9.90 Å². The van der Waals surface area contributed by atoms with Crippen LogP contribution in [0.2, 0.25) is 0 Å². The molecule has 1 fully saturated rings. The van der Waals surface area contributed by atoms with Crippen molar-refractivity contribution in [2.45, 2.75) is 70.8 Å². The molecule has 100 valence electrons. The zero-order valence-electron chi connectivity index (χ0n) is 11.3. The number of hydrogen-bond donors (Lipinski definition) is 2. The number of aliphatic hydroxyl groups is 1. The summed E-state index contributed by atoms with van der Waals surface area (Å²) < 4.78 is 0. The summed E-state index contributed by atoms with van der Waals surface area (Å²) in [6.45, 7) is 4.46. The lowest BCUT2D eigenvalue weighted by molar-refractivity contribution is -0.124. The van der Waals surface area contributed by atoms with E-state index >= 15 is 0 Å². The van der Waals surface area contributed by atoms with Gasteiger partial charge in [0.2, 0.25) is 5.91 Å². The molecule has 0 heterocycles. The van der Waals surface area contributed by atoms with Gasteiger partial charge in [-0.05, 0) is 38.0 Å². The van der Waals surface area contributed by atoms with Crippen molar-refractivity contribution in [2.75, 3.05) is 6.61 Å². The molecule has 0 radical (unpaired) electrons. The molecule has 1 aliphatic rings. The topological polar surface area (TPSA) is 49.3 Å². The third-order valence-electron chi connectivity index (χ3n) is 3.95. The fraction of sp³-hybridized carbons (Fsp3) is 0.929. The highest BCUT2D eigenvalue weighted by Crippen LogP contribution is 2.31. The fourth-order valence-corrected chi connectivity index (χ4v) is 2.53. The summed E-state index contributed by atoms with van der Waals surface area (Å²) in [5.74, 6) is 0.841. The largest absolute Gasteiger partial charge is 0.394 e. The highest BCUT2D eigenvalue weighted by molar-refractivity contribution is 5.76. The molecule has 0 aromatic rings. The van der Waals surface area contributed by atoms with Crippen LogP contribution in [0.1, 0.15) is 65.2 Å². The molecule has 1 amide bonds. The molecule has 3 nitrogen and oxygen atoms in total. The second-order valence-corrected chi connectivity index (χ2v) is 5.63. The number of carbonyl (C=O) groups is 1. The summed E-state index contributed by atoms with van der Waals surface area (Å²) in [5, 5.41) is 12.6. The predicted molar refractivity (Wildman–Crippen MR) is 69.7 cm³/mol. The van der Waals surface area contributed by atoms with Gasteiger partial charge in [-0.25, -0.2) is 0 Å². The van der Waals surface area contributed by atoms with Crippen LogP contribution in [0.15, 0.2) is 0 Å². The first-order chi connectivity index (χ1) is 8.12. The van der Waals surface area contributed by atoms with E-state index in [1.807, 2.05) is 0 Å². The van der Waals surface area contributed by atoms with E-state index in [-0.39, 0.29) is 18.1 Å². The standard InChI is InChI=1S/C14H27NO2/c1-3-4-5-6-13(17)15-14(11-16)9-7-12(2)8-10-14/h12,16H,3-11H2,1-2H3,(H,15,17). The molecule has 2 N–H and O–H groups in total. The number of aliphatic hydroxyl groups excluding tert-OH is 1. The molecule has 0 unspecified atom stereocenters. The van der Waals surface area contributed by atoms with Gasteiger partial charge in [-0.2, -0.15) is 0 Å². The van der Waals surface area contributed by atoms with Crippen molar-refractivity contribution in [1.29, 1.82) is 0 Å². The average Bonchev–Trinajstić information content (AvgIpc) is 2.33. The minimum Gasteiger partial charge on any atom is -0.394 e. The maximum Gasteiger partial charge on any atom is 0.220 e. The zero-order valence-corrected chi connectivity index (χ0v) is 11.3. The number of amides is 1. The van der Waals surface area contributed by atoms with Gasteiger partial charge in [0, 0.05) is 6.42 Å². The van der Waals surface area contributed by atoms with Crippen molar-refractivity contribution in [3.8, 4) is 0 Å². The summed E-state index contributed by atoms with van der Waals surface area (Å²) >= 11 is 0. The van der Waals surface area contributed by atoms with Crippen LogP contribution in [-0.4, -0.2) is 23.2 Å². The van der Waals surface area contributed by atoms with E-state index in [0.29, 0.717) is 6.42 Å². The molecule has 0 aromatic carbocycles. The summed E-state index contributed by atoms with van der Waals surface area (Å²) in [7, 11) is 0. The molecular weight excluding hydrogens is 214 g/mol. The quantitative estimate of drug-likeness (QED) is 0.702. The molecule has 0 spiro atoms. The van der Waals surface area contributed by atoms with Crippen LogP contribution in [-0.2, 0) is 4.79 Å². The second-order valence-electron chi connectivity index (χ2n) is 5.63. The molecule has 0 bridgehead atoms. The Balaban J connectivity index is 2.37. The third-order valence-corrected chi connectivity index (χ3v) is 3.95. The van der Waals surface area contributed by atoms with Gasteiger partial charge in [0.25, 0.3) is 0 Å². The second kappa shape index (κ2) is 7.00. The monoisotopic (exact) mass is 241 g/mol. The number of rotatable bonds is 6. The Morgan fingerprint density at radius 3 is 2.53 bits per heavy atom. The van der Waals surface area contributed by atoms with Crippen molar-refractivity contribution >= 4 is 5.91 Å². The van der Waals surface area contributed by atoms with Gasteiger partial charge in [-0.1, -0.05) is 26.7 Å². The molecule has 0 aromatic heterocycles. The minimum absolute atomic E-state index is 0.0826. The molecule has 1 aliphatic carbocycles. The SMILES string of the molecule is CCCCCC(=O)NC1(CO)CCC(C)CC1. The van der Waals surface area contributed by atoms with E-state index in [2.05, 4.69) is 19.2 Å². The number of nitrogens with one attached hydrogen (secondary N) is 1. The van der Waals surface area contributed by atoms with Gasteiger partial charge >= 0.3 is 0 Å². The highest BCUT2D eigenvalue weighted by Gasteiger charge is 2.34. The maximum absolute atomic E-state index is 11.8. The van der Waals surface area contributed by atoms with Crippen molar-refractivity contribution in [3.63, 3.8) is 0 Å². The molecular formula is C14H27NO2. The molecule has 1 saturated carbocycles. The summed E-state index contributed by atoms with van der Waals surface area (Å²) in [4.78, 5) is 11.8. The Morgan fingerprint density at radius 1 is 1.35 bits per heavy atom. The number of carbonyl (C=O) groups excluding carboxylic acids is 1. The van der Waals surface area contributed by atoms with E-state index < -0.39 is 0 Å². The predicted octanol–water partition coefficient (Wildman–Crippen LogP) is 2.62. The Kier molecular flexibility index (Phi) is 5.96. The lowest BCUT2D eigenvalue weighted by Gasteiger charge is -2.38. The molecule has 0 atom stereocenters. The van der Waals surface area contributed by atoms with E-state index in [4.69, 9.17) is 0 Å². The molecule has 0 saturated heterocycles. The van der Waals surface area contributed by atoms with Gasteiger partial charge in [0.05, 0.1) is 12.1 Å². The van der Waals surface area contributed by atoms with E-state index in [1.165, 1.54) is 0 Å². The van der Waals surface area contributed by atoms with Crippen LogP contribution in [0, 0.1) is 5.92 Å². The first-order valence-electron chi connectivity index (χ1n) is 7.04. The maximum atomic E-state index is 11.8. The van der Waals surface area contributed by atoms with E-state index in [1.54, 1.807) is 0 Å². The van der Waals surface area contributed by atoms with Crippen molar-refractivity contribution < 1.29 is 9.90 Å². The Hall–Kier alpha value is -0.570. The Bertz CT molecular complexity index is 232. The summed E-state index contributed by atoms with van der Waals surface area (Å²) in [6.07, 6.45) is 7.86. The van der Waals surface area contributed by atoms with Crippen molar-refractivity contribution in [3.05, 3.63) is 0 Å². The lowest BCUT2D eigenvalue weighted by atomic mass is 9.77. The van der Waals surface area contributed by atoms with Crippen LogP contribution in [0.3, 0.4) is 0 Å². The van der Waals surface area contributed by atoms with Gasteiger partial charge in [0.1, 0.15) is 0 Å². The highest BCUT2D eigenvalue weighted by atomic mass is 16.3. The summed E-state index contributed by atoms with van der Waals surface area (Å²) in [5.41, 5.74) is -0.324. The number of unbranched alkanes of at least 4 members (excludes halogenated alkanes) is 2.